The fraction of sp³-hybridized carbons (Fsp3) is 0.632. The first kappa shape index (κ1) is 20.5. The van der Waals surface area contributed by atoms with Crippen molar-refractivity contribution in [1.29, 1.82) is 0 Å². The number of ether oxygens (including phenoxy) is 1. The number of thioether (sulfide) groups is 1. The maximum Gasteiger partial charge on any atom is 0.327 e. The van der Waals surface area contributed by atoms with E-state index < -0.39 is 22.8 Å². The lowest BCUT2D eigenvalue weighted by atomic mass is 9.93. The number of rotatable bonds is 6. The second kappa shape index (κ2) is 7.81. The summed E-state index contributed by atoms with van der Waals surface area (Å²) in [6.45, 7) is 5.28. The van der Waals surface area contributed by atoms with Crippen LogP contribution in [-0.4, -0.2) is 62.3 Å². The van der Waals surface area contributed by atoms with Crippen LogP contribution in [0.5, 0.6) is 0 Å². The molecule has 3 fully saturated rings. The van der Waals surface area contributed by atoms with E-state index in [-0.39, 0.29) is 11.3 Å². The molecule has 4 rings (SSSR count). The Labute approximate surface area is 177 Å². The van der Waals surface area contributed by atoms with Gasteiger partial charge in [-0.1, -0.05) is 0 Å². The van der Waals surface area contributed by atoms with Crippen molar-refractivity contribution in [2.75, 3.05) is 18.9 Å². The van der Waals surface area contributed by atoms with Crippen LogP contribution in [0.4, 0.5) is 5.13 Å². The van der Waals surface area contributed by atoms with Gasteiger partial charge in [0.25, 0.3) is 0 Å². The summed E-state index contributed by atoms with van der Waals surface area (Å²) in [5.41, 5.74) is 7.64. The fourth-order valence-electron chi connectivity index (χ4n) is 4.31. The second-order valence-electron chi connectivity index (χ2n) is 8.27. The zero-order valence-corrected chi connectivity index (χ0v) is 18.1. The van der Waals surface area contributed by atoms with E-state index in [2.05, 4.69) is 10.3 Å². The van der Waals surface area contributed by atoms with Gasteiger partial charge in [-0.3, -0.25) is 4.79 Å². The molecule has 0 spiro atoms. The Bertz CT molecular complexity index is 834. The van der Waals surface area contributed by atoms with Crippen molar-refractivity contribution in [3.63, 3.8) is 0 Å². The van der Waals surface area contributed by atoms with Crippen LogP contribution in [0.3, 0.4) is 0 Å². The summed E-state index contributed by atoms with van der Waals surface area (Å²) >= 11 is 2.92. The lowest BCUT2D eigenvalue weighted by molar-refractivity contribution is -0.159. The Hall–Kier alpha value is -1.78. The molecule has 4 atom stereocenters. The average Bonchev–Trinajstić information content (AvgIpc) is 3.20. The molecule has 1 unspecified atom stereocenters. The largest absolute Gasteiger partial charge is 0.480 e. The summed E-state index contributed by atoms with van der Waals surface area (Å²) in [7, 11) is 0. The monoisotopic (exact) mass is 438 g/mol. The topological polar surface area (TPSA) is 118 Å². The number of β-lactam (4-membered cyclic amide) rings is 1. The number of hydrogen-bond acceptors (Lipinski definition) is 8. The van der Waals surface area contributed by atoms with E-state index in [9.17, 15) is 14.7 Å². The number of hydrogen-bond donors (Lipinski definition) is 3. The number of amides is 1. The number of carboxylic acid groups (broad SMARTS) is 1. The Morgan fingerprint density at radius 1 is 1.55 bits per heavy atom. The summed E-state index contributed by atoms with van der Waals surface area (Å²) in [6.07, 6.45) is 4.80. The first-order valence-electron chi connectivity index (χ1n) is 9.75. The number of nitrogens with zero attached hydrogens (tertiary/aromatic N) is 2. The van der Waals surface area contributed by atoms with Crippen LogP contribution in [-0.2, 0) is 14.3 Å². The minimum atomic E-state index is -0.955. The molecule has 8 nitrogen and oxygen atoms in total. The number of anilines is 1. The van der Waals surface area contributed by atoms with Gasteiger partial charge in [0.15, 0.2) is 5.13 Å². The molecule has 4 N–H and O–H groups in total. The molecule has 4 heterocycles. The number of fused-ring (bicyclic) bond motifs is 1. The van der Waals surface area contributed by atoms with Crippen LogP contribution in [0.15, 0.2) is 11.6 Å². The van der Waals surface area contributed by atoms with Crippen molar-refractivity contribution >= 4 is 45.7 Å². The van der Waals surface area contributed by atoms with Crippen molar-refractivity contribution in [3.8, 4) is 0 Å². The number of aliphatic carboxylic acids is 1. The zero-order chi connectivity index (χ0) is 20.8. The van der Waals surface area contributed by atoms with E-state index in [0.717, 1.165) is 43.7 Å². The first-order valence-corrected chi connectivity index (χ1v) is 11.5. The number of aromatic nitrogens is 1. The number of allylic oxidation sites excluding steroid dienone is 1. The fourth-order valence-corrected chi connectivity index (χ4v) is 6.53. The summed E-state index contributed by atoms with van der Waals surface area (Å²) in [5, 5.41) is 15.1. The van der Waals surface area contributed by atoms with Crippen LogP contribution in [0.1, 0.15) is 38.8 Å². The molecule has 3 aliphatic heterocycles. The Kier molecular flexibility index (Phi) is 5.52. The van der Waals surface area contributed by atoms with Crippen molar-refractivity contribution in [3.05, 3.63) is 17.3 Å². The summed E-state index contributed by atoms with van der Waals surface area (Å²) < 4.78 is 5.07. The lowest BCUT2D eigenvalue weighted by Crippen LogP contribution is -2.69. The Morgan fingerprint density at radius 2 is 2.34 bits per heavy atom. The molecule has 3 saturated heterocycles. The number of carboxylic acids is 1. The molecular weight excluding hydrogens is 412 g/mol. The molecular formula is C19H26N4O4S2. The highest BCUT2D eigenvalue weighted by molar-refractivity contribution is 8.01. The van der Waals surface area contributed by atoms with Crippen LogP contribution in [0.2, 0.25) is 0 Å². The highest BCUT2D eigenvalue weighted by atomic mass is 32.2. The summed E-state index contributed by atoms with van der Waals surface area (Å²) in [6, 6.07) is -1.23. The van der Waals surface area contributed by atoms with Gasteiger partial charge in [0.2, 0.25) is 5.91 Å². The number of carbonyl (C=O) groups is 2. The van der Waals surface area contributed by atoms with Gasteiger partial charge >= 0.3 is 5.97 Å². The van der Waals surface area contributed by atoms with Crippen LogP contribution in [0, 0.1) is 5.92 Å². The molecule has 1 aromatic rings. The average molecular weight is 439 g/mol. The van der Waals surface area contributed by atoms with E-state index in [1.807, 2.05) is 25.4 Å². The minimum absolute atomic E-state index is 0.171. The maximum absolute atomic E-state index is 12.7. The highest BCUT2D eigenvalue weighted by Crippen LogP contribution is 2.50. The number of nitrogen functional groups attached to an aromatic ring is 1. The van der Waals surface area contributed by atoms with Gasteiger partial charge in [-0.2, -0.15) is 0 Å². The van der Waals surface area contributed by atoms with E-state index in [0.29, 0.717) is 11.0 Å². The number of carbonyl (C=O) groups excluding carboxylic acids is 1. The van der Waals surface area contributed by atoms with E-state index in [4.69, 9.17) is 10.5 Å². The molecule has 0 bridgehead atoms. The maximum atomic E-state index is 12.7. The van der Waals surface area contributed by atoms with E-state index in [1.165, 1.54) is 28.0 Å². The molecule has 1 amide bonds. The first-order chi connectivity index (χ1) is 13.8. The third-order valence-electron chi connectivity index (χ3n) is 5.73. The van der Waals surface area contributed by atoms with Gasteiger partial charge < -0.3 is 25.8 Å². The molecule has 158 valence electrons. The molecule has 0 aliphatic carbocycles. The Morgan fingerprint density at radius 3 is 2.97 bits per heavy atom. The van der Waals surface area contributed by atoms with Crippen molar-refractivity contribution in [2.24, 2.45) is 5.92 Å². The van der Waals surface area contributed by atoms with Gasteiger partial charge in [-0.15, -0.1) is 23.1 Å². The van der Waals surface area contributed by atoms with E-state index >= 15 is 0 Å². The predicted octanol–water partition coefficient (Wildman–Crippen LogP) is 1.99. The lowest BCUT2D eigenvalue weighted by Gasteiger charge is -2.43. The molecule has 1 aromatic heterocycles. The molecule has 0 radical (unpaired) electrons. The molecule has 3 aliphatic rings. The SMILES string of the molecule is CC1(C)S[C@@H]2[C@H](N/C=C(/CC3CCCOC3)c3csc(N)n3)C(=O)N2[C@H]1C(=O)O. The third-order valence-corrected chi connectivity index (χ3v) is 7.97. The normalized spacial score (nSPS) is 31.3. The number of thiazole rings is 1. The number of nitrogens with one attached hydrogen (secondary N) is 1. The van der Waals surface area contributed by atoms with Crippen LogP contribution < -0.4 is 11.1 Å². The van der Waals surface area contributed by atoms with Crippen molar-refractivity contribution in [2.45, 2.75) is 55.3 Å². The quantitative estimate of drug-likeness (QED) is 0.577. The smallest absolute Gasteiger partial charge is 0.327 e. The van der Waals surface area contributed by atoms with E-state index in [1.54, 1.807) is 0 Å². The standard InChI is InChI=1S/C19H26N4O4S2/c1-19(2)14(17(25)26)23-15(24)13(16(23)29-19)21-7-11(12-9-28-18(20)22-12)6-10-4-3-5-27-8-10/h7,9-10,13-14,16,21H,3-6,8H2,1-2H3,(H2,20,22)(H,25,26)/b11-7-/t10?,13-,14+,16-/m1/s1. The predicted molar refractivity (Wildman–Crippen MR) is 113 cm³/mol. The second-order valence-corrected chi connectivity index (χ2v) is 10.9. The molecule has 10 heteroatoms. The molecule has 0 aromatic carbocycles. The highest BCUT2D eigenvalue weighted by Gasteiger charge is 2.63. The molecule has 0 saturated carbocycles. The van der Waals surface area contributed by atoms with Gasteiger partial charge in [0, 0.05) is 29.5 Å². The minimum Gasteiger partial charge on any atom is -0.480 e. The molecule has 29 heavy (non-hydrogen) atoms. The number of nitrogens with two attached hydrogens (primary N) is 1. The van der Waals surface area contributed by atoms with Gasteiger partial charge in [-0.05, 0) is 44.6 Å². The van der Waals surface area contributed by atoms with Gasteiger partial charge in [-0.25, -0.2) is 9.78 Å². The van der Waals surface area contributed by atoms with Crippen molar-refractivity contribution in [1.82, 2.24) is 15.2 Å². The Balaban J connectivity index is 1.50. The summed E-state index contributed by atoms with van der Waals surface area (Å²) in [4.78, 5) is 30.3. The summed E-state index contributed by atoms with van der Waals surface area (Å²) in [5.74, 6) is -0.720. The van der Waals surface area contributed by atoms with Crippen LogP contribution >= 0.6 is 23.1 Å². The van der Waals surface area contributed by atoms with Crippen molar-refractivity contribution < 1.29 is 19.4 Å². The zero-order valence-electron chi connectivity index (χ0n) is 16.5. The third kappa shape index (κ3) is 3.85. The van der Waals surface area contributed by atoms with Crippen LogP contribution in [0.25, 0.3) is 5.57 Å². The van der Waals surface area contributed by atoms with Gasteiger partial charge in [0.1, 0.15) is 17.5 Å². The van der Waals surface area contributed by atoms with Gasteiger partial charge in [0.05, 0.1) is 5.69 Å².